The van der Waals surface area contributed by atoms with E-state index < -0.39 is 8.07 Å². The topological polar surface area (TPSA) is 37.4 Å². The van der Waals surface area contributed by atoms with Crippen LogP contribution in [0.4, 0.5) is 0 Å². The number of Topliss-reactive ketones (excluding diaryl/α,β-unsaturated/α-hetero) is 1. The molecule has 0 radical (unpaired) electrons. The number of ketones is 1. The average Bonchev–Trinajstić information content (AvgIpc) is 3.58. The molecule has 5 aromatic rings. The average molecular weight is 628 g/mol. The van der Waals surface area contributed by atoms with Gasteiger partial charge < -0.3 is 4.90 Å². The summed E-state index contributed by atoms with van der Waals surface area (Å²) < 4.78 is 0. The molecular weight excluding hydrogens is 591 g/mol. The number of carbonyl (C=O) groups excluding carboxylic acids is 2. The summed E-state index contributed by atoms with van der Waals surface area (Å²) in [7, 11) is -2.54. The molecule has 0 N–H and O–H groups in total. The van der Waals surface area contributed by atoms with E-state index in [1.54, 1.807) is 4.90 Å². The van der Waals surface area contributed by atoms with Crippen LogP contribution in [0.15, 0.2) is 133 Å². The van der Waals surface area contributed by atoms with Crippen molar-refractivity contribution >= 4 is 57.6 Å². The van der Waals surface area contributed by atoms with Crippen LogP contribution < -0.4 is 10.4 Å². The van der Waals surface area contributed by atoms with Crippen molar-refractivity contribution in [2.75, 3.05) is 6.54 Å². The number of carbonyl (C=O) groups is 2. The lowest BCUT2D eigenvalue weighted by atomic mass is 9.95. The number of hydrogen-bond donors (Lipinski definition) is 0. The molecule has 0 aliphatic heterocycles. The fraction of sp³-hybridized carbons (Fsp3) is 0.163. The van der Waals surface area contributed by atoms with Gasteiger partial charge in [0, 0.05) is 22.8 Å². The fourth-order valence-corrected chi connectivity index (χ4v) is 11.4. The molecule has 0 bridgehead atoms. The Balaban J connectivity index is 1.34. The van der Waals surface area contributed by atoms with E-state index in [1.807, 2.05) is 74.5 Å². The minimum Gasteiger partial charge on any atom is -0.325 e. The van der Waals surface area contributed by atoms with Crippen molar-refractivity contribution in [3.05, 3.63) is 150 Å². The molecule has 0 saturated heterocycles. The van der Waals surface area contributed by atoms with Crippen molar-refractivity contribution in [1.82, 2.24) is 4.90 Å². The zero-order valence-corrected chi connectivity index (χ0v) is 28.2. The van der Waals surface area contributed by atoms with Crippen LogP contribution in [0.2, 0.25) is 5.54 Å². The van der Waals surface area contributed by atoms with Gasteiger partial charge in [0.15, 0.2) is 5.78 Å². The minimum atomic E-state index is -2.54. The Morgan fingerprint density at radius 3 is 1.72 bits per heavy atom. The molecule has 0 fully saturated rings. The predicted molar refractivity (Wildman–Crippen MR) is 197 cm³/mol. The van der Waals surface area contributed by atoms with Gasteiger partial charge in [-0.3, -0.25) is 9.59 Å². The zero-order chi connectivity index (χ0) is 32.7. The molecule has 47 heavy (non-hydrogen) atoms. The Morgan fingerprint density at radius 2 is 1.19 bits per heavy atom. The van der Waals surface area contributed by atoms with Crippen LogP contribution in [0, 0.1) is 11.5 Å². The Hall–Kier alpha value is -5.24. The van der Waals surface area contributed by atoms with Crippen LogP contribution in [0.5, 0.6) is 0 Å². The van der Waals surface area contributed by atoms with E-state index in [-0.39, 0.29) is 29.9 Å². The molecule has 7 rings (SSSR count). The summed E-state index contributed by atoms with van der Waals surface area (Å²) in [5.74, 6) is 3.04. The molecule has 2 aliphatic carbocycles. The van der Waals surface area contributed by atoms with Crippen molar-refractivity contribution in [3.63, 3.8) is 0 Å². The van der Waals surface area contributed by atoms with Gasteiger partial charge in [-0.15, -0.1) is 5.54 Å². The molecule has 0 heterocycles. The van der Waals surface area contributed by atoms with Crippen LogP contribution in [0.1, 0.15) is 44.4 Å². The Labute approximate surface area is 278 Å². The second-order valence-corrected chi connectivity index (χ2v) is 17.1. The number of amides is 1. The fourth-order valence-electron chi connectivity index (χ4n) is 7.40. The van der Waals surface area contributed by atoms with Gasteiger partial charge in [-0.05, 0) is 57.2 Å². The van der Waals surface area contributed by atoms with E-state index in [2.05, 4.69) is 92.0 Å². The van der Waals surface area contributed by atoms with E-state index in [0.29, 0.717) is 11.1 Å². The Bertz CT molecular complexity index is 2100. The lowest BCUT2D eigenvalue weighted by Gasteiger charge is -2.32. The molecule has 4 heteroatoms. The lowest BCUT2D eigenvalue weighted by molar-refractivity contribution is -0.129. The molecular formula is C43H37NO2Si. The molecule has 230 valence electrons. The number of nitrogens with zero attached hydrogens (tertiary/aromatic N) is 1. The van der Waals surface area contributed by atoms with Crippen LogP contribution in [-0.2, 0) is 9.59 Å². The highest BCUT2D eigenvalue weighted by Crippen LogP contribution is 2.54. The van der Waals surface area contributed by atoms with E-state index >= 15 is 0 Å². The van der Waals surface area contributed by atoms with Crippen molar-refractivity contribution in [2.24, 2.45) is 0 Å². The smallest absolute Gasteiger partial charge is 0.259 e. The zero-order valence-electron chi connectivity index (χ0n) is 27.2. The molecule has 0 unspecified atom stereocenters. The summed E-state index contributed by atoms with van der Waals surface area (Å²) in [5, 5.41) is 4.71. The highest BCUT2D eigenvalue weighted by molar-refractivity contribution is 7.09. The quantitative estimate of drug-likeness (QED) is 0.106. The van der Waals surface area contributed by atoms with Crippen LogP contribution in [0.25, 0.3) is 27.5 Å². The van der Waals surface area contributed by atoms with E-state index in [0.717, 1.165) is 38.6 Å². The predicted octanol–water partition coefficient (Wildman–Crippen LogP) is 7.55. The standard InChI is InChI=1S/C43H37NO2Si/c1-29(2)44(27-16-28-47(30(3)4,33-21-10-6-11-22-33)34-23-12-7-13-24-34)43(46)41-40-36-26-15-20-31-19-14-25-35(37(31)36)39(40)38(42(41)45)32-17-8-5-9-18-32/h5-15,17-26,29-30H,27H2,1-4H3. The first-order valence-corrected chi connectivity index (χ1v) is 18.5. The van der Waals surface area contributed by atoms with Crippen LogP contribution in [-0.4, -0.2) is 37.3 Å². The second-order valence-electron chi connectivity index (χ2n) is 12.9. The highest BCUT2D eigenvalue weighted by Gasteiger charge is 2.44. The number of hydrogen-bond acceptors (Lipinski definition) is 2. The van der Waals surface area contributed by atoms with Crippen molar-refractivity contribution in [2.45, 2.75) is 39.3 Å². The number of benzene rings is 5. The lowest BCUT2D eigenvalue weighted by Crippen LogP contribution is -2.60. The first kappa shape index (κ1) is 30.4. The first-order valence-electron chi connectivity index (χ1n) is 16.4. The molecule has 0 atom stereocenters. The highest BCUT2D eigenvalue weighted by atomic mass is 28.3. The van der Waals surface area contributed by atoms with Crippen molar-refractivity contribution < 1.29 is 9.59 Å². The summed E-state index contributed by atoms with van der Waals surface area (Å²) in [5.41, 5.74) is 9.35. The van der Waals surface area contributed by atoms with Gasteiger partial charge in [-0.25, -0.2) is 0 Å². The Morgan fingerprint density at radius 1 is 0.660 bits per heavy atom. The maximum absolute atomic E-state index is 14.8. The minimum absolute atomic E-state index is 0.162. The monoisotopic (exact) mass is 627 g/mol. The number of allylic oxidation sites excluding steroid dienone is 3. The SMILES string of the molecule is CC(C)N(CC#C[Si](c1ccccc1)(c1ccccc1)C(C)C)C(=O)C1=C2C(=C(c3ccccc3)C1=O)c1cccc3cccc2c13. The largest absolute Gasteiger partial charge is 0.325 e. The van der Waals surface area contributed by atoms with Gasteiger partial charge in [0.05, 0.1) is 12.1 Å². The third kappa shape index (κ3) is 4.90. The molecule has 0 saturated carbocycles. The third-order valence-electron chi connectivity index (χ3n) is 9.67. The molecule has 2 aliphatic rings. The molecule has 5 aromatic carbocycles. The van der Waals surface area contributed by atoms with Crippen molar-refractivity contribution in [3.8, 4) is 11.5 Å². The summed E-state index contributed by atoms with van der Waals surface area (Å²) in [6.45, 7) is 8.75. The Kier molecular flexibility index (Phi) is 7.87. The van der Waals surface area contributed by atoms with Gasteiger partial charge in [-0.1, -0.05) is 147 Å². The molecule has 1 amide bonds. The number of rotatable bonds is 7. The maximum atomic E-state index is 14.8. The molecule has 3 nitrogen and oxygen atoms in total. The summed E-state index contributed by atoms with van der Waals surface area (Å²) in [4.78, 5) is 31.1. The number of fused-ring (bicyclic) bond motifs is 3. The second kappa shape index (κ2) is 12.2. The summed E-state index contributed by atoms with van der Waals surface area (Å²) in [6.07, 6.45) is 0. The van der Waals surface area contributed by atoms with Gasteiger partial charge in [0.2, 0.25) is 8.07 Å². The van der Waals surface area contributed by atoms with Gasteiger partial charge in [0.1, 0.15) is 0 Å². The normalized spacial score (nSPS) is 13.8. The summed E-state index contributed by atoms with van der Waals surface area (Å²) >= 11 is 0. The van der Waals surface area contributed by atoms with Crippen LogP contribution in [0.3, 0.4) is 0 Å². The third-order valence-corrected chi connectivity index (χ3v) is 14.5. The maximum Gasteiger partial charge on any atom is 0.259 e. The first-order chi connectivity index (χ1) is 22.8. The van der Waals surface area contributed by atoms with Gasteiger partial charge in [0.25, 0.3) is 5.91 Å². The van der Waals surface area contributed by atoms with Crippen LogP contribution >= 0.6 is 0 Å². The summed E-state index contributed by atoms with van der Waals surface area (Å²) in [6, 6.07) is 43.2. The van der Waals surface area contributed by atoms with Crippen molar-refractivity contribution in [1.29, 1.82) is 0 Å². The van der Waals surface area contributed by atoms with Gasteiger partial charge in [-0.2, -0.15) is 0 Å². The van der Waals surface area contributed by atoms with E-state index in [4.69, 9.17) is 0 Å². The van der Waals surface area contributed by atoms with E-state index in [9.17, 15) is 9.59 Å². The molecule has 0 aromatic heterocycles. The van der Waals surface area contributed by atoms with Gasteiger partial charge >= 0.3 is 0 Å². The molecule has 0 spiro atoms. The van der Waals surface area contributed by atoms with E-state index in [1.165, 1.54) is 10.4 Å².